The average molecular weight is 352 g/mol. The van der Waals surface area contributed by atoms with Gasteiger partial charge in [0, 0.05) is 23.6 Å². The van der Waals surface area contributed by atoms with Crippen molar-refractivity contribution < 1.29 is 14.1 Å². The Hall–Kier alpha value is -2.21. The number of aromatic nitrogens is 1. The van der Waals surface area contributed by atoms with Crippen molar-refractivity contribution in [3.63, 3.8) is 0 Å². The second kappa shape index (κ2) is 7.57. The number of amides is 2. The predicted molar refractivity (Wildman–Crippen MR) is 93.8 cm³/mol. The Morgan fingerprint density at radius 2 is 2.12 bits per heavy atom. The van der Waals surface area contributed by atoms with Gasteiger partial charge in [0.05, 0.1) is 6.54 Å². The molecule has 0 bridgehead atoms. The summed E-state index contributed by atoms with van der Waals surface area (Å²) < 4.78 is 10.8. The Kier molecular flexibility index (Phi) is 5.72. The number of hydrogen-bond acceptors (Lipinski definition) is 4. The molecule has 1 N–H and O–H groups in total. The lowest BCUT2D eigenvalue weighted by Gasteiger charge is -2.17. The molecule has 0 spiro atoms. The molecule has 2 rings (SSSR count). The first kappa shape index (κ1) is 18.1. The fourth-order valence-corrected chi connectivity index (χ4v) is 2.03. The Morgan fingerprint density at radius 3 is 2.75 bits per heavy atom. The first-order chi connectivity index (χ1) is 11.3. The van der Waals surface area contributed by atoms with Crippen molar-refractivity contribution in [2.24, 2.45) is 0 Å². The van der Waals surface area contributed by atoms with E-state index in [4.69, 9.17) is 20.9 Å². The highest BCUT2D eigenvalue weighted by molar-refractivity contribution is 6.30. The maximum atomic E-state index is 12.1. The smallest absolute Gasteiger partial charge is 0.322 e. The molecule has 0 radical (unpaired) electrons. The summed E-state index contributed by atoms with van der Waals surface area (Å²) in [5.41, 5.74) is -0.160. The second-order valence-electron chi connectivity index (χ2n) is 6.48. The molecule has 1 aromatic heterocycles. The van der Waals surface area contributed by atoms with E-state index in [0.29, 0.717) is 35.5 Å². The molecule has 0 saturated heterocycles. The molecule has 1 aromatic carbocycles. The molecular formula is C17H22ClN3O3. The van der Waals surface area contributed by atoms with Crippen LogP contribution in [0.2, 0.25) is 5.02 Å². The van der Waals surface area contributed by atoms with Crippen LogP contribution in [0.1, 0.15) is 26.5 Å². The van der Waals surface area contributed by atoms with Crippen molar-refractivity contribution in [3.8, 4) is 5.75 Å². The van der Waals surface area contributed by atoms with E-state index in [0.717, 1.165) is 0 Å². The number of rotatable bonds is 5. The van der Waals surface area contributed by atoms with Gasteiger partial charge in [0.2, 0.25) is 0 Å². The van der Waals surface area contributed by atoms with E-state index in [1.165, 1.54) is 4.90 Å². The second-order valence-corrected chi connectivity index (χ2v) is 6.92. The number of anilines is 1. The number of nitrogens with one attached hydrogen (secondary N) is 1. The average Bonchev–Trinajstić information content (AvgIpc) is 2.96. The summed E-state index contributed by atoms with van der Waals surface area (Å²) in [4.78, 5) is 13.6. The van der Waals surface area contributed by atoms with Gasteiger partial charge in [0.15, 0.2) is 5.82 Å². The zero-order valence-electron chi connectivity index (χ0n) is 14.3. The zero-order chi connectivity index (χ0) is 17.7. The fraction of sp³-hybridized carbons (Fsp3) is 0.412. The summed E-state index contributed by atoms with van der Waals surface area (Å²) >= 11 is 5.89. The molecule has 2 aromatic rings. The van der Waals surface area contributed by atoms with Gasteiger partial charge in [0.1, 0.15) is 18.1 Å². The lowest BCUT2D eigenvalue weighted by molar-refractivity contribution is 0.207. The van der Waals surface area contributed by atoms with Crippen molar-refractivity contribution in [2.75, 3.05) is 25.5 Å². The Morgan fingerprint density at radius 1 is 1.38 bits per heavy atom. The van der Waals surface area contributed by atoms with Crippen LogP contribution in [0.15, 0.2) is 34.9 Å². The maximum absolute atomic E-state index is 12.1. The zero-order valence-corrected chi connectivity index (χ0v) is 15.1. The molecule has 0 aliphatic heterocycles. The van der Waals surface area contributed by atoms with Gasteiger partial charge < -0.3 is 14.2 Å². The number of urea groups is 1. The van der Waals surface area contributed by atoms with E-state index < -0.39 is 0 Å². The lowest BCUT2D eigenvalue weighted by Crippen LogP contribution is -2.34. The third kappa shape index (κ3) is 5.16. The van der Waals surface area contributed by atoms with Crippen molar-refractivity contribution in [2.45, 2.75) is 26.2 Å². The summed E-state index contributed by atoms with van der Waals surface area (Å²) in [5.74, 6) is 1.78. The van der Waals surface area contributed by atoms with Gasteiger partial charge in [0.25, 0.3) is 0 Å². The summed E-state index contributed by atoms with van der Waals surface area (Å²) in [5, 5.41) is 7.17. The molecule has 24 heavy (non-hydrogen) atoms. The molecule has 0 saturated carbocycles. The van der Waals surface area contributed by atoms with Crippen molar-refractivity contribution in [1.82, 2.24) is 10.1 Å². The van der Waals surface area contributed by atoms with E-state index in [9.17, 15) is 4.79 Å². The highest BCUT2D eigenvalue weighted by Gasteiger charge is 2.20. The van der Waals surface area contributed by atoms with E-state index in [-0.39, 0.29) is 11.4 Å². The van der Waals surface area contributed by atoms with E-state index in [2.05, 4.69) is 10.5 Å². The molecule has 0 unspecified atom stereocenters. The first-order valence-corrected chi connectivity index (χ1v) is 8.01. The number of likely N-dealkylation sites (N-methyl/N-ethyl adjacent to an activating group) is 1. The predicted octanol–water partition coefficient (Wildman–Crippen LogP) is 4.17. The SMILES string of the molecule is CN(CCOc1cccc(Cl)c1)C(=O)Nc1cc(C(C)(C)C)on1. The number of benzene rings is 1. The topological polar surface area (TPSA) is 67.6 Å². The Balaban J connectivity index is 1.81. The molecule has 6 nitrogen and oxygen atoms in total. The van der Waals surface area contributed by atoms with Crippen LogP contribution in [0.25, 0.3) is 0 Å². The van der Waals surface area contributed by atoms with Crippen LogP contribution in [-0.2, 0) is 5.41 Å². The van der Waals surface area contributed by atoms with Gasteiger partial charge >= 0.3 is 6.03 Å². The molecule has 2 amide bonds. The molecular weight excluding hydrogens is 330 g/mol. The number of hydrogen-bond donors (Lipinski definition) is 1. The van der Waals surface area contributed by atoms with Crippen LogP contribution in [0, 0.1) is 0 Å². The van der Waals surface area contributed by atoms with Crippen LogP contribution >= 0.6 is 11.6 Å². The van der Waals surface area contributed by atoms with Gasteiger partial charge in [-0.25, -0.2) is 4.79 Å². The number of nitrogens with zero attached hydrogens (tertiary/aromatic N) is 2. The van der Waals surface area contributed by atoms with E-state index in [1.807, 2.05) is 32.9 Å². The van der Waals surface area contributed by atoms with Crippen LogP contribution in [0.3, 0.4) is 0 Å². The minimum Gasteiger partial charge on any atom is -0.492 e. The van der Waals surface area contributed by atoms with Gasteiger partial charge in [-0.2, -0.15) is 0 Å². The molecule has 0 atom stereocenters. The summed E-state index contributed by atoms with van der Waals surface area (Å²) in [6.07, 6.45) is 0. The van der Waals surface area contributed by atoms with Gasteiger partial charge in [-0.15, -0.1) is 0 Å². The molecule has 0 aliphatic carbocycles. The largest absolute Gasteiger partial charge is 0.492 e. The van der Waals surface area contributed by atoms with Crippen LogP contribution in [-0.4, -0.2) is 36.3 Å². The van der Waals surface area contributed by atoms with Crippen molar-refractivity contribution in [1.29, 1.82) is 0 Å². The third-order valence-corrected chi connectivity index (χ3v) is 3.56. The molecule has 7 heteroatoms. The van der Waals surface area contributed by atoms with Crippen LogP contribution in [0.4, 0.5) is 10.6 Å². The van der Waals surface area contributed by atoms with E-state index in [1.54, 1.807) is 25.2 Å². The maximum Gasteiger partial charge on any atom is 0.322 e. The molecule has 0 aliphatic rings. The normalized spacial score (nSPS) is 11.2. The highest BCUT2D eigenvalue weighted by Crippen LogP contribution is 2.24. The summed E-state index contributed by atoms with van der Waals surface area (Å²) in [6.45, 7) is 6.81. The summed E-state index contributed by atoms with van der Waals surface area (Å²) in [6, 6.07) is 8.58. The minimum atomic E-state index is -0.279. The molecule has 1 heterocycles. The van der Waals surface area contributed by atoms with E-state index >= 15 is 0 Å². The first-order valence-electron chi connectivity index (χ1n) is 7.63. The Bertz CT molecular complexity index is 694. The van der Waals surface area contributed by atoms with Crippen molar-refractivity contribution >= 4 is 23.4 Å². The fourth-order valence-electron chi connectivity index (χ4n) is 1.85. The van der Waals surface area contributed by atoms with Crippen molar-refractivity contribution in [3.05, 3.63) is 41.1 Å². The number of halogens is 1. The standard InChI is InChI=1S/C17H22ClN3O3/c1-17(2,3)14-11-15(20-24-14)19-16(22)21(4)8-9-23-13-7-5-6-12(18)10-13/h5-7,10-11H,8-9H2,1-4H3,(H,19,20,22). The van der Waals surface area contributed by atoms with Crippen LogP contribution in [0.5, 0.6) is 5.75 Å². The number of carbonyl (C=O) groups excluding carboxylic acids is 1. The third-order valence-electron chi connectivity index (χ3n) is 3.32. The number of ether oxygens (including phenoxy) is 1. The monoisotopic (exact) mass is 351 g/mol. The molecule has 130 valence electrons. The number of carbonyl (C=O) groups is 1. The van der Waals surface area contributed by atoms with Gasteiger partial charge in [-0.1, -0.05) is 43.6 Å². The highest BCUT2D eigenvalue weighted by atomic mass is 35.5. The quantitative estimate of drug-likeness (QED) is 0.877. The summed E-state index contributed by atoms with van der Waals surface area (Å²) in [7, 11) is 1.68. The Labute approximate surface area is 146 Å². The van der Waals surface area contributed by atoms with Crippen LogP contribution < -0.4 is 10.1 Å². The lowest BCUT2D eigenvalue weighted by atomic mass is 9.93. The van der Waals surface area contributed by atoms with Gasteiger partial charge in [-0.05, 0) is 18.2 Å². The molecule has 0 fully saturated rings. The minimum absolute atomic E-state index is 0.160. The van der Waals surface area contributed by atoms with Gasteiger partial charge in [-0.3, -0.25) is 5.32 Å².